The maximum Gasteiger partial charge on any atom is 0.416 e. The Morgan fingerprint density at radius 1 is 1.00 bits per heavy atom. The van der Waals surface area contributed by atoms with Gasteiger partial charge in [0.2, 0.25) is 0 Å². The van der Waals surface area contributed by atoms with Crippen LogP contribution in [0.3, 0.4) is 0 Å². The summed E-state index contributed by atoms with van der Waals surface area (Å²) in [5, 5.41) is 6.38. The average Bonchev–Trinajstić information content (AvgIpc) is 3.31. The van der Waals surface area contributed by atoms with Gasteiger partial charge in [-0.15, -0.1) is 5.53 Å². The number of alkyl halides is 3. The zero-order chi connectivity index (χ0) is 27.7. The number of likely N-dealkylation sites (N-methyl/N-ethyl adjacent to an activating group) is 1. The SMILES string of the molecule is Cc1ccc(NC(=O)c2cc(N3CCN(C)CC3)cc(C(F)(F)F)c2)cc1N1C=C(c2cncnc2)N(C)N1. The summed E-state index contributed by atoms with van der Waals surface area (Å²) in [6, 6.07) is 8.87. The van der Waals surface area contributed by atoms with Crippen molar-refractivity contribution >= 4 is 28.7 Å². The number of carbonyl (C=O) groups excluding carboxylic acids is 1. The van der Waals surface area contributed by atoms with E-state index in [1.165, 1.54) is 12.4 Å². The predicted octanol–water partition coefficient (Wildman–Crippen LogP) is 3.98. The zero-order valence-electron chi connectivity index (χ0n) is 21.8. The van der Waals surface area contributed by atoms with Gasteiger partial charge in [0.25, 0.3) is 5.91 Å². The molecule has 0 atom stereocenters. The summed E-state index contributed by atoms with van der Waals surface area (Å²) in [6.07, 6.45) is 2.17. The number of aromatic nitrogens is 2. The van der Waals surface area contributed by atoms with Gasteiger partial charge in [-0.3, -0.25) is 14.8 Å². The second-order valence-corrected chi connectivity index (χ2v) is 9.68. The number of nitrogens with one attached hydrogen (secondary N) is 2. The molecule has 2 N–H and O–H groups in total. The standard InChI is InChI=1S/C27H29F3N8O/c1-18-4-5-22(13-24(18)38-16-25(36(3)34-38)20-14-31-17-32-15-20)33-26(39)19-10-21(27(28,29)30)12-23(11-19)37-8-6-35(2)7-9-37/h4-5,10-17,34H,6-9H2,1-3H3,(H,33,39). The minimum atomic E-state index is -4.57. The molecule has 0 aliphatic carbocycles. The molecule has 0 spiro atoms. The van der Waals surface area contributed by atoms with Crippen molar-refractivity contribution in [1.29, 1.82) is 0 Å². The molecular formula is C27H29F3N8O. The molecule has 5 rings (SSSR count). The van der Waals surface area contributed by atoms with E-state index in [1.807, 2.05) is 43.2 Å². The van der Waals surface area contributed by atoms with E-state index in [9.17, 15) is 18.0 Å². The number of halogens is 3. The van der Waals surface area contributed by atoms with Crippen LogP contribution in [0, 0.1) is 6.92 Å². The summed E-state index contributed by atoms with van der Waals surface area (Å²) >= 11 is 0. The molecule has 3 heterocycles. The molecule has 0 saturated carbocycles. The Balaban J connectivity index is 1.40. The summed E-state index contributed by atoms with van der Waals surface area (Å²) in [4.78, 5) is 25.4. The van der Waals surface area contributed by atoms with Crippen molar-refractivity contribution in [2.45, 2.75) is 13.1 Å². The molecule has 2 aliphatic heterocycles. The molecule has 2 aromatic carbocycles. The molecule has 1 fully saturated rings. The highest BCUT2D eigenvalue weighted by atomic mass is 19.4. The van der Waals surface area contributed by atoms with Crippen LogP contribution in [0.4, 0.5) is 30.2 Å². The van der Waals surface area contributed by atoms with Crippen molar-refractivity contribution in [3.63, 3.8) is 0 Å². The lowest BCUT2D eigenvalue weighted by atomic mass is 10.1. The van der Waals surface area contributed by atoms with Gasteiger partial charge in [-0.1, -0.05) is 6.07 Å². The third-order valence-corrected chi connectivity index (χ3v) is 6.83. The van der Waals surface area contributed by atoms with Gasteiger partial charge in [-0.25, -0.2) is 9.97 Å². The molecule has 0 radical (unpaired) electrons. The van der Waals surface area contributed by atoms with Crippen molar-refractivity contribution in [2.24, 2.45) is 0 Å². The highest BCUT2D eigenvalue weighted by molar-refractivity contribution is 6.05. The summed E-state index contributed by atoms with van der Waals surface area (Å²) in [5.74, 6) is -0.615. The molecule has 1 aromatic heterocycles. The number of benzene rings is 2. The summed E-state index contributed by atoms with van der Waals surface area (Å²) in [7, 11) is 3.83. The number of aryl methyl sites for hydroxylation is 1. The average molecular weight is 539 g/mol. The molecule has 0 bridgehead atoms. The maximum atomic E-state index is 13.7. The largest absolute Gasteiger partial charge is 0.416 e. The van der Waals surface area contributed by atoms with Gasteiger partial charge in [0, 0.05) is 74.3 Å². The van der Waals surface area contributed by atoms with E-state index in [2.05, 4.69) is 25.7 Å². The molecule has 0 unspecified atom stereocenters. The number of hydrazine groups is 2. The number of carbonyl (C=O) groups is 1. The molecule has 204 valence electrons. The second-order valence-electron chi connectivity index (χ2n) is 9.68. The van der Waals surface area contributed by atoms with Crippen molar-refractivity contribution < 1.29 is 18.0 Å². The van der Waals surface area contributed by atoms with Gasteiger partial charge in [0.1, 0.15) is 6.33 Å². The third kappa shape index (κ3) is 5.81. The molecule has 1 amide bonds. The number of amides is 1. The first kappa shape index (κ1) is 26.4. The van der Waals surface area contributed by atoms with E-state index < -0.39 is 17.6 Å². The Morgan fingerprint density at radius 3 is 2.41 bits per heavy atom. The highest BCUT2D eigenvalue weighted by Crippen LogP contribution is 2.34. The van der Waals surface area contributed by atoms with Crippen LogP contribution in [0.1, 0.15) is 27.0 Å². The van der Waals surface area contributed by atoms with E-state index in [0.29, 0.717) is 24.5 Å². The number of nitrogens with zero attached hydrogens (tertiary/aromatic N) is 6. The van der Waals surface area contributed by atoms with Crippen LogP contribution < -0.4 is 20.8 Å². The fourth-order valence-corrected chi connectivity index (χ4v) is 4.58. The quantitative estimate of drug-likeness (QED) is 0.505. The van der Waals surface area contributed by atoms with Crippen LogP contribution in [0.15, 0.2) is 61.3 Å². The van der Waals surface area contributed by atoms with Gasteiger partial charge in [0.05, 0.1) is 16.9 Å². The number of hydrogen-bond acceptors (Lipinski definition) is 8. The van der Waals surface area contributed by atoms with E-state index in [0.717, 1.165) is 47.7 Å². The number of anilines is 3. The van der Waals surface area contributed by atoms with Gasteiger partial charge in [0.15, 0.2) is 0 Å². The van der Waals surface area contributed by atoms with Crippen LogP contribution in [-0.4, -0.2) is 66.1 Å². The number of piperazine rings is 1. The molecule has 12 heteroatoms. The van der Waals surface area contributed by atoms with Crippen molar-refractivity contribution in [3.05, 3.63) is 83.6 Å². The van der Waals surface area contributed by atoms with Gasteiger partial charge in [-0.2, -0.15) is 13.2 Å². The normalized spacial score (nSPS) is 16.5. The Hall–Kier alpha value is -4.16. The number of rotatable bonds is 5. The first-order valence-corrected chi connectivity index (χ1v) is 12.4. The van der Waals surface area contributed by atoms with Crippen LogP contribution in [0.5, 0.6) is 0 Å². The predicted molar refractivity (Wildman–Crippen MR) is 144 cm³/mol. The van der Waals surface area contributed by atoms with Crippen molar-refractivity contribution in [2.75, 3.05) is 55.5 Å². The molecule has 3 aromatic rings. The Kier molecular flexibility index (Phi) is 7.15. The topological polar surface area (TPSA) is 79.9 Å². The lowest BCUT2D eigenvalue weighted by Gasteiger charge is -2.34. The van der Waals surface area contributed by atoms with Crippen LogP contribution in [-0.2, 0) is 6.18 Å². The Labute approximate surface area is 224 Å². The van der Waals surface area contributed by atoms with Crippen molar-refractivity contribution in [1.82, 2.24) is 25.4 Å². The maximum absolute atomic E-state index is 13.7. The van der Waals surface area contributed by atoms with E-state index >= 15 is 0 Å². The lowest BCUT2D eigenvalue weighted by molar-refractivity contribution is -0.137. The zero-order valence-corrected chi connectivity index (χ0v) is 21.8. The fourth-order valence-electron chi connectivity index (χ4n) is 4.58. The van der Waals surface area contributed by atoms with Crippen LogP contribution >= 0.6 is 0 Å². The van der Waals surface area contributed by atoms with E-state index in [4.69, 9.17) is 0 Å². The minimum absolute atomic E-state index is 0.0498. The van der Waals surface area contributed by atoms with Gasteiger partial charge in [-0.05, 0) is 49.9 Å². The first-order chi connectivity index (χ1) is 18.6. The molecule has 9 nitrogen and oxygen atoms in total. The first-order valence-electron chi connectivity index (χ1n) is 12.4. The fraction of sp³-hybridized carbons (Fsp3) is 0.296. The highest BCUT2D eigenvalue weighted by Gasteiger charge is 2.33. The summed E-state index contributed by atoms with van der Waals surface area (Å²) in [6.45, 7) is 4.56. The summed E-state index contributed by atoms with van der Waals surface area (Å²) in [5.41, 5.74) is 6.50. The van der Waals surface area contributed by atoms with Crippen molar-refractivity contribution in [3.8, 4) is 0 Å². The van der Waals surface area contributed by atoms with E-state index in [1.54, 1.807) is 29.5 Å². The number of hydrogen-bond donors (Lipinski definition) is 2. The van der Waals surface area contributed by atoms with Gasteiger partial charge < -0.3 is 15.1 Å². The second kappa shape index (κ2) is 10.5. The minimum Gasteiger partial charge on any atom is -0.369 e. The van der Waals surface area contributed by atoms with E-state index in [-0.39, 0.29) is 5.56 Å². The molecular weight excluding hydrogens is 509 g/mol. The Bertz CT molecular complexity index is 1390. The van der Waals surface area contributed by atoms with Crippen LogP contribution in [0.2, 0.25) is 0 Å². The third-order valence-electron chi connectivity index (χ3n) is 6.83. The lowest BCUT2D eigenvalue weighted by Crippen LogP contribution is -2.44. The van der Waals surface area contributed by atoms with Gasteiger partial charge >= 0.3 is 6.18 Å². The van der Waals surface area contributed by atoms with Crippen LogP contribution in [0.25, 0.3) is 5.70 Å². The molecule has 1 saturated heterocycles. The molecule has 2 aliphatic rings. The summed E-state index contributed by atoms with van der Waals surface area (Å²) < 4.78 is 41.2. The Morgan fingerprint density at radius 2 is 1.72 bits per heavy atom. The monoisotopic (exact) mass is 538 g/mol. The smallest absolute Gasteiger partial charge is 0.369 e. The molecule has 39 heavy (non-hydrogen) atoms.